The van der Waals surface area contributed by atoms with Gasteiger partial charge >= 0.3 is 5.95 Å². The molecule has 2 aromatic rings. The molecule has 170 valence electrons. The summed E-state index contributed by atoms with van der Waals surface area (Å²) in [6.45, 7) is 3.88. The van der Waals surface area contributed by atoms with E-state index < -0.39 is 0 Å². The largest absolute Gasteiger partial charge is 0.482 e. The number of rotatable bonds is 9. The summed E-state index contributed by atoms with van der Waals surface area (Å²) >= 11 is 12.0. The molecular weight excluding hydrogens is 451 g/mol. The van der Waals surface area contributed by atoms with E-state index in [4.69, 9.17) is 41.8 Å². The zero-order chi connectivity index (χ0) is 21.9. The fraction of sp³-hybridized carbons (Fsp3) is 0.458. The van der Waals surface area contributed by atoms with Crippen molar-refractivity contribution in [2.75, 3.05) is 26.2 Å². The quantitative estimate of drug-likeness (QED) is 0.497. The lowest BCUT2D eigenvalue weighted by Crippen LogP contribution is -2.55. The molecule has 2 fully saturated rings. The lowest BCUT2D eigenvalue weighted by molar-refractivity contribution is -0.0645. The summed E-state index contributed by atoms with van der Waals surface area (Å²) in [4.78, 5) is 6.65. The maximum atomic E-state index is 6.12. The normalized spacial score (nSPS) is 25.4. The van der Waals surface area contributed by atoms with Gasteiger partial charge in [0.05, 0.1) is 11.1 Å². The van der Waals surface area contributed by atoms with Crippen LogP contribution in [0.2, 0.25) is 10.0 Å². The lowest BCUT2D eigenvalue weighted by atomic mass is 9.82. The van der Waals surface area contributed by atoms with E-state index in [0.717, 1.165) is 32.7 Å². The maximum absolute atomic E-state index is 6.12. The van der Waals surface area contributed by atoms with Gasteiger partial charge < -0.3 is 18.6 Å². The molecule has 8 heteroatoms. The molecule has 1 aliphatic carbocycles. The Morgan fingerprint density at radius 3 is 2.69 bits per heavy atom. The van der Waals surface area contributed by atoms with Crippen LogP contribution in [-0.4, -0.2) is 48.3 Å². The monoisotopic (exact) mass is 476 g/mol. The first kappa shape index (κ1) is 21.8. The molecule has 0 amide bonds. The molecule has 0 spiro atoms. The van der Waals surface area contributed by atoms with Crippen molar-refractivity contribution in [1.29, 1.82) is 0 Å². The van der Waals surface area contributed by atoms with Gasteiger partial charge in [0.25, 0.3) is 0 Å². The predicted molar refractivity (Wildman–Crippen MR) is 122 cm³/mol. The highest BCUT2D eigenvalue weighted by Gasteiger charge is 2.34. The zero-order valence-electron chi connectivity index (χ0n) is 17.7. The van der Waals surface area contributed by atoms with Crippen molar-refractivity contribution in [3.8, 4) is 11.7 Å². The number of halogens is 2. The summed E-state index contributed by atoms with van der Waals surface area (Å²) in [5, 5.41) is 1.00. The molecule has 6 nitrogen and oxygen atoms in total. The number of hydrogen-bond acceptors (Lipinski definition) is 6. The van der Waals surface area contributed by atoms with E-state index in [2.05, 4.69) is 34.2 Å². The Bertz CT molecular complexity index is 982. The molecular formula is C24H26Cl2N2O4. The van der Waals surface area contributed by atoms with Gasteiger partial charge in [-0.15, -0.1) is 0 Å². The van der Waals surface area contributed by atoms with Crippen molar-refractivity contribution < 1.29 is 18.6 Å². The fourth-order valence-electron chi connectivity index (χ4n) is 4.28. The number of oxazole rings is 1. The van der Waals surface area contributed by atoms with Gasteiger partial charge in [-0.2, -0.15) is 0 Å². The van der Waals surface area contributed by atoms with E-state index >= 15 is 0 Å². The molecule has 2 aliphatic heterocycles. The van der Waals surface area contributed by atoms with Crippen LogP contribution in [0.25, 0.3) is 0 Å². The summed E-state index contributed by atoms with van der Waals surface area (Å²) in [5.41, 5.74) is 0. The van der Waals surface area contributed by atoms with Crippen molar-refractivity contribution in [2.24, 2.45) is 11.8 Å². The van der Waals surface area contributed by atoms with Crippen LogP contribution in [0.4, 0.5) is 0 Å². The molecule has 32 heavy (non-hydrogen) atoms. The number of benzene rings is 1. The van der Waals surface area contributed by atoms with Crippen LogP contribution >= 0.6 is 23.2 Å². The van der Waals surface area contributed by atoms with Crippen molar-refractivity contribution in [1.82, 2.24) is 9.88 Å². The van der Waals surface area contributed by atoms with Crippen molar-refractivity contribution in [3.63, 3.8) is 0 Å². The molecule has 5 rings (SSSR count). The van der Waals surface area contributed by atoms with Gasteiger partial charge in [0.2, 0.25) is 5.89 Å². The van der Waals surface area contributed by atoms with Gasteiger partial charge in [0.15, 0.2) is 6.61 Å². The van der Waals surface area contributed by atoms with E-state index in [1.807, 2.05) is 0 Å². The molecule has 3 atom stereocenters. The van der Waals surface area contributed by atoms with Crippen molar-refractivity contribution in [3.05, 3.63) is 64.6 Å². The summed E-state index contributed by atoms with van der Waals surface area (Å²) in [6, 6.07) is 5.07. The molecule has 3 unspecified atom stereocenters. The van der Waals surface area contributed by atoms with E-state index in [1.54, 1.807) is 24.4 Å². The zero-order valence-corrected chi connectivity index (χ0v) is 19.2. The summed E-state index contributed by atoms with van der Waals surface area (Å²) in [5.74, 6) is 2.45. The first-order valence-corrected chi connectivity index (χ1v) is 11.8. The Balaban J connectivity index is 1.05. The standard InChI is InChI=1S/C24H26Cl2N2O4/c25-18-5-6-22(21(26)10-18)30-15-23-27-11-24(32-23)31-20-13-28(14-20)12-17-4-2-1-3-16(17)9-19-7-8-29-19/h1-6,10-11,16-17,19-20H,7-9,12-15H2. The summed E-state index contributed by atoms with van der Waals surface area (Å²) < 4.78 is 22.9. The third kappa shape index (κ3) is 5.31. The molecule has 3 aliphatic rings. The number of aromatic nitrogens is 1. The smallest absolute Gasteiger partial charge is 0.305 e. The van der Waals surface area contributed by atoms with Gasteiger partial charge in [-0.3, -0.25) is 4.90 Å². The third-order valence-electron chi connectivity index (χ3n) is 6.16. The van der Waals surface area contributed by atoms with Gasteiger partial charge in [0.1, 0.15) is 18.1 Å². The fourth-order valence-corrected chi connectivity index (χ4v) is 4.74. The number of ether oxygens (including phenoxy) is 3. The highest BCUT2D eigenvalue weighted by Crippen LogP contribution is 2.31. The SMILES string of the molecule is Clc1ccc(OCc2ncc(OC3CN(CC4C=CC=CC4CC4CCO4)C3)o2)c(Cl)c1. The molecule has 0 bridgehead atoms. The summed E-state index contributed by atoms with van der Waals surface area (Å²) in [7, 11) is 0. The molecule has 0 saturated carbocycles. The molecule has 1 aromatic carbocycles. The van der Waals surface area contributed by atoms with Gasteiger partial charge in [-0.05, 0) is 42.9 Å². The van der Waals surface area contributed by atoms with Gasteiger partial charge in [0, 0.05) is 31.3 Å². The van der Waals surface area contributed by atoms with Crippen molar-refractivity contribution >= 4 is 23.2 Å². The minimum absolute atomic E-state index is 0.110. The molecule has 1 aromatic heterocycles. The molecule has 3 heterocycles. The van der Waals surface area contributed by atoms with Crippen LogP contribution in [0.1, 0.15) is 18.7 Å². The topological polar surface area (TPSA) is 57.0 Å². The second-order valence-electron chi connectivity index (χ2n) is 8.51. The maximum Gasteiger partial charge on any atom is 0.305 e. The van der Waals surface area contributed by atoms with Gasteiger partial charge in [-0.25, -0.2) is 4.98 Å². The lowest BCUT2D eigenvalue weighted by Gasteiger charge is -2.41. The average molecular weight is 477 g/mol. The Labute approximate surface area is 197 Å². The third-order valence-corrected chi connectivity index (χ3v) is 6.69. The minimum atomic E-state index is 0.110. The number of hydrogen-bond donors (Lipinski definition) is 0. The predicted octanol–water partition coefficient (Wildman–Crippen LogP) is 5.16. The van der Waals surface area contributed by atoms with Crippen LogP contribution in [0, 0.1) is 11.8 Å². The molecule has 0 N–H and O–H groups in total. The Kier molecular flexibility index (Phi) is 6.74. The van der Waals surface area contributed by atoms with Gasteiger partial charge in [-0.1, -0.05) is 47.5 Å². The Hall–Kier alpha value is -1.99. The molecule has 2 saturated heterocycles. The Morgan fingerprint density at radius 2 is 1.94 bits per heavy atom. The summed E-state index contributed by atoms with van der Waals surface area (Å²) in [6.07, 6.45) is 13.4. The number of allylic oxidation sites excluding steroid dienone is 3. The Morgan fingerprint density at radius 1 is 1.12 bits per heavy atom. The highest BCUT2D eigenvalue weighted by molar-refractivity contribution is 6.35. The molecule has 0 radical (unpaired) electrons. The average Bonchev–Trinajstić information content (AvgIpc) is 3.17. The van der Waals surface area contributed by atoms with Crippen LogP contribution in [0.3, 0.4) is 0 Å². The van der Waals surface area contributed by atoms with Crippen molar-refractivity contribution in [2.45, 2.75) is 31.7 Å². The van der Waals surface area contributed by atoms with E-state index in [1.165, 1.54) is 6.42 Å². The van der Waals surface area contributed by atoms with Crippen LogP contribution < -0.4 is 9.47 Å². The second-order valence-corrected chi connectivity index (χ2v) is 9.35. The van der Waals surface area contributed by atoms with Crippen LogP contribution in [0.5, 0.6) is 11.7 Å². The first-order valence-electron chi connectivity index (χ1n) is 11.0. The second kappa shape index (κ2) is 9.87. The van der Waals surface area contributed by atoms with Crippen LogP contribution in [0.15, 0.2) is 53.1 Å². The highest BCUT2D eigenvalue weighted by atomic mass is 35.5. The van der Waals surface area contributed by atoms with E-state index in [0.29, 0.717) is 45.6 Å². The minimum Gasteiger partial charge on any atom is -0.482 e. The number of nitrogens with zero attached hydrogens (tertiary/aromatic N) is 2. The van der Waals surface area contributed by atoms with Crippen LogP contribution in [-0.2, 0) is 11.3 Å². The van der Waals surface area contributed by atoms with E-state index in [9.17, 15) is 0 Å². The van der Waals surface area contributed by atoms with E-state index in [-0.39, 0.29) is 12.7 Å². The number of likely N-dealkylation sites (tertiary alicyclic amines) is 1. The first-order chi connectivity index (χ1) is 15.6.